The molecule has 4 rings (SSSR count). The van der Waals surface area contributed by atoms with Gasteiger partial charge in [-0.15, -0.1) is 0 Å². The van der Waals surface area contributed by atoms with Crippen molar-refractivity contribution in [1.29, 1.82) is 0 Å². The number of nitrogens with zero attached hydrogens (tertiary/aromatic N) is 3. The Balaban J connectivity index is 1.44. The van der Waals surface area contributed by atoms with Gasteiger partial charge in [0.2, 0.25) is 0 Å². The van der Waals surface area contributed by atoms with Gasteiger partial charge >= 0.3 is 5.97 Å². The maximum absolute atomic E-state index is 12.8. The summed E-state index contributed by atoms with van der Waals surface area (Å²) in [5, 5.41) is 11.6. The summed E-state index contributed by atoms with van der Waals surface area (Å²) in [6.45, 7) is 4.10. The number of esters is 1. The van der Waals surface area contributed by atoms with Crippen LogP contribution in [0.3, 0.4) is 0 Å². The van der Waals surface area contributed by atoms with Gasteiger partial charge in [-0.2, -0.15) is 0 Å². The van der Waals surface area contributed by atoms with Crippen LogP contribution >= 0.6 is 0 Å². The van der Waals surface area contributed by atoms with Crippen molar-refractivity contribution >= 4 is 23.3 Å². The molecule has 2 aromatic rings. The highest BCUT2D eigenvalue weighted by atomic mass is 16.6. The molecule has 0 aromatic heterocycles. The van der Waals surface area contributed by atoms with E-state index in [4.69, 9.17) is 4.74 Å². The lowest BCUT2D eigenvalue weighted by Gasteiger charge is -2.30. The fourth-order valence-corrected chi connectivity index (χ4v) is 4.24. The molecular formula is C23H25N3O5. The summed E-state index contributed by atoms with van der Waals surface area (Å²) in [4.78, 5) is 40.1. The van der Waals surface area contributed by atoms with E-state index in [1.54, 1.807) is 11.0 Å². The van der Waals surface area contributed by atoms with Crippen molar-refractivity contribution in [1.82, 2.24) is 4.90 Å². The molecule has 2 heterocycles. The first-order valence-corrected chi connectivity index (χ1v) is 10.5. The van der Waals surface area contributed by atoms with Gasteiger partial charge in [-0.25, -0.2) is 4.79 Å². The number of nitro groups is 1. The molecule has 2 aliphatic rings. The Kier molecular flexibility index (Phi) is 5.88. The van der Waals surface area contributed by atoms with Crippen LogP contribution < -0.4 is 4.90 Å². The molecule has 0 bridgehead atoms. The highest BCUT2D eigenvalue weighted by Crippen LogP contribution is 2.32. The lowest BCUT2D eigenvalue weighted by atomic mass is 9.99. The van der Waals surface area contributed by atoms with Crippen LogP contribution in [0.1, 0.15) is 41.3 Å². The Morgan fingerprint density at radius 2 is 1.77 bits per heavy atom. The Morgan fingerprint density at radius 1 is 1.06 bits per heavy atom. The predicted molar refractivity (Wildman–Crippen MR) is 115 cm³/mol. The predicted octanol–water partition coefficient (Wildman–Crippen LogP) is 3.33. The van der Waals surface area contributed by atoms with E-state index in [1.807, 2.05) is 23.1 Å². The van der Waals surface area contributed by atoms with Gasteiger partial charge in [0.05, 0.1) is 10.5 Å². The molecule has 8 nitrogen and oxygen atoms in total. The Labute approximate surface area is 180 Å². The average Bonchev–Trinajstić information content (AvgIpc) is 3.32. The molecule has 0 spiro atoms. The number of benzene rings is 2. The summed E-state index contributed by atoms with van der Waals surface area (Å²) in [6, 6.07) is 12.3. The van der Waals surface area contributed by atoms with E-state index in [0.29, 0.717) is 18.8 Å². The number of carbonyl (C=O) groups is 2. The number of rotatable bonds is 5. The molecule has 0 aliphatic carbocycles. The molecule has 0 radical (unpaired) electrons. The fraction of sp³-hybridized carbons (Fsp3) is 0.391. The third-order valence-electron chi connectivity index (χ3n) is 5.93. The van der Waals surface area contributed by atoms with E-state index < -0.39 is 17.0 Å². The average molecular weight is 423 g/mol. The Morgan fingerprint density at radius 3 is 2.48 bits per heavy atom. The third kappa shape index (κ3) is 4.38. The maximum atomic E-state index is 12.8. The summed E-state index contributed by atoms with van der Waals surface area (Å²) in [5.74, 6) is -1.01. The van der Waals surface area contributed by atoms with Crippen molar-refractivity contribution < 1.29 is 19.2 Å². The summed E-state index contributed by atoms with van der Waals surface area (Å²) in [5.41, 5.74) is 2.77. The topological polar surface area (TPSA) is 93.0 Å². The van der Waals surface area contributed by atoms with E-state index in [1.165, 1.54) is 24.6 Å². The van der Waals surface area contributed by atoms with Crippen molar-refractivity contribution in [2.45, 2.75) is 38.8 Å². The molecule has 162 valence electrons. The largest absolute Gasteiger partial charge is 0.449 e. The molecular weight excluding hydrogens is 398 g/mol. The number of fused-ring (bicyclic) bond motifs is 1. The molecule has 1 atom stereocenters. The number of hydrogen-bond donors (Lipinski definition) is 0. The van der Waals surface area contributed by atoms with Crippen molar-refractivity contribution in [3.05, 3.63) is 69.3 Å². The van der Waals surface area contributed by atoms with Gasteiger partial charge in [0.15, 0.2) is 6.10 Å². The van der Waals surface area contributed by atoms with Crippen LogP contribution in [-0.2, 0) is 22.5 Å². The minimum Gasteiger partial charge on any atom is -0.449 e. The quantitative estimate of drug-likeness (QED) is 0.416. The zero-order chi connectivity index (χ0) is 22.0. The van der Waals surface area contributed by atoms with E-state index in [-0.39, 0.29) is 17.2 Å². The minimum atomic E-state index is -0.977. The van der Waals surface area contributed by atoms with E-state index in [9.17, 15) is 19.7 Å². The molecule has 1 amide bonds. The lowest BCUT2D eigenvalue weighted by Crippen LogP contribution is -2.42. The monoisotopic (exact) mass is 423 g/mol. The minimum absolute atomic E-state index is 0.0679. The van der Waals surface area contributed by atoms with Gasteiger partial charge in [-0.05, 0) is 49.4 Å². The first kappa shape index (κ1) is 20.8. The highest BCUT2D eigenvalue weighted by Gasteiger charge is 2.29. The van der Waals surface area contributed by atoms with Gasteiger partial charge in [0.1, 0.15) is 5.69 Å². The van der Waals surface area contributed by atoms with Crippen LogP contribution in [0.2, 0.25) is 0 Å². The first-order valence-electron chi connectivity index (χ1n) is 10.5. The van der Waals surface area contributed by atoms with E-state index in [0.717, 1.165) is 37.9 Å². The normalized spacial score (nSPS) is 16.5. The van der Waals surface area contributed by atoms with E-state index >= 15 is 0 Å². The number of anilines is 1. The van der Waals surface area contributed by atoms with Gasteiger partial charge in [0.25, 0.3) is 11.6 Å². The van der Waals surface area contributed by atoms with Crippen molar-refractivity contribution in [3.63, 3.8) is 0 Å². The van der Waals surface area contributed by atoms with Crippen LogP contribution in [0.15, 0.2) is 42.5 Å². The Bertz CT molecular complexity index is 1020. The number of nitro benzene ring substituents is 1. The van der Waals surface area contributed by atoms with Crippen molar-refractivity contribution in [2.24, 2.45) is 0 Å². The summed E-state index contributed by atoms with van der Waals surface area (Å²) >= 11 is 0. The molecule has 1 fully saturated rings. The van der Waals surface area contributed by atoms with Crippen molar-refractivity contribution in [3.8, 4) is 0 Å². The molecule has 0 N–H and O–H groups in total. The van der Waals surface area contributed by atoms with Gasteiger partial charge in [-0.3, -0.25) is 14.9 Å². The molecule has 31 heavy (non-hydrogen) atoms. The van der Waals surface area contributed by atoms with Gasteiger partial charge in [-0.1, -0.05) is 24.3 Å². The number of carbonyl (C=O) groups excluding carboxylic acids is 2. The van der Waals surface area contributed by atoms with Crippen LogP contribution in [0.25, 0.3) is 0 Å². The molecule has 0 unspecified atom stereocenters. The van der Waals surface area contributed by atoms with Gasteiger partial charge in [0, 0.05) is 32.2 Å². The van der Waals surface area contributed by atoms with Crippen LogP contribution in [0, 0.1) is 10.1 Å². The summed E-state index contributed by atoms with van der Waals surface area (Å²) < 4.78 is 5.37. The second-order valence-corrected chi connectivity index (χ2v) is 7.98. The number of ether oxygens (including phenoxy) is 1. The number of amides is 1. The zero-order valence-corrected chi connectivity index (χ0v) is 17.5. The van der Waals surface area contributed by atoms with Crippen LogP contribution in [-0.4, -0.2) is 47.4 Å². The smallest absolute Gasteiger partial charge is 0.339 e. The zero-order valence-electron chi connectivity index (χ0n) is 17.5. The second kappa shape index (κ2) is 8.75. The highest BCUT2D eigenvalue weighted by molar-refractivity contribution is 5.93. The molecule has 2 aromatic carbocycles. The number of hydrogen-bond acceptors (Lipinski definition) is 6. The molecule has 0 saturated carbocycles. The second-order valence-electron chi connectivity index (χ2n) is 7.98. The van der Waals surface area contributed by atoms with Crippen LogP contribution in [0.4, 0.5) is 11.4 Å². The standard InChI is InChI=1S/C23H25N3O5/c1-16(22(27)25-13-10-17-6-2-3-7-19(17)15-25)31-23(28)18-8-9-20(21(14-18)26(29)30)24-11-4-5-12-24/h2-3,6-9,14,16H,4-5,10-13,15H2,1H3/t16-/m1/s1. The molecule has 2 aliphatic heterocycles. The van der Waals surface area contributed by atoms with Gasteiger partial charge < -0.3 is 14.5 Å². The SMILES string of the molecule is C[C@@H](OC(=O)c1ccc(N2CCCC2)c([N+](=O)[O-])c1)C(=O)N1CCc2ccccc2C1. The maximum Gasteiger partial charge on any atom is 0.339 e. The first-order chi connectivity index (χ1) is 14.9. The Hall–Kier alpha value is -3.42. The summed E-state index contributed by atoms with van der Waals surface area (Å²) in [7, 11) is 0. The lowest BCUT2D eigenvalue weighted by molar-refractivity contribution is -0.384. The molecule has 1 saturated heterocycles. The summed E-state index contributed by atoms with van der Waals surface area (Å²) in [6.07, 6.45) is 1.76. The van der Waals surface area contributed by atoms with Crippen molar-refractivity contribution in [2.75, 3.05) is 24.5 Å². The third-order valence-corrected chi connectivity index (χ3v) is 5.93. The fourth-order valence-electron chi connectivity index (χ4n) is 4.24. The van der Waals surface area contributed by atoms with E-state index in [2.05, 4.69) is 6.07 Å². The molecule has 8 heteroatoms. The van der Waals surface area contributed by atoms with Crippen LogP contribution in [0.5, 0.6) is 0 Å².